The van der Waals surface area contributed by atoms with Gasteiger partial charge in [0.25, 0.3) is 0 Å². The summed E-state index contributed by atoms with van der Waals surface area (Å²) in [5.41, 5.74) is 2.90. The highest BCUT2D eigenvalue weighted by Crippen LogP contribution is 2.31. The Morgan fingerprint density at radius 3 is 3.06 bits per heavy atom. The average Bonchev–Trinajstić information content (AvgIpc) is 2.83. The van der Waals surface area contributed by atoms with Crippen LogP contribution in [0.3, 0.4) is 0 Å². The number of rotatable bonds is 2. The van der Waals surface area contributed by atoms with Gasteiger partial charge in [-0.05, 0) is 56.4 Å². The fourth-order valence-electron chi connectivity index (χ4n) is 3.24. The summed E-state index contributed by atoms with van der Waals surface area (Å²) >= 11 is 2.08. The van der Waals surface area contributed by atoms with Gasteiger partial charge < -0.3 is 5.32 Å². The van der Waals surface area contributed by atoms with Crippen molar-refractivity contribution >= 4 is 11.8 Å². The van der Waals surface area contributed by atoms with E-state index in [-0.39, 0.29) is 0 Å². The maximum absolute atomic E-state index is 4.69. The predicted molar refractivity (Wildman–Crippen MR) is 77.4 cm³/mol. The Bertz CT molecular complexity index is 354. The Morgan fingerprint density at radius 2 is 2.33 bits per heavy atom. The molecule has 0 saturated carbocycles. The van der Waals surface area contributed by atoms with Crippen LogP contribution in [-0.4, -0.2) is 34.4 Å². The largest absolute Gasteiger partial charge is 0.316 e. The Balaban J connectivity index is 1.78. The van der Waals surface area contributed by atoms with E-state index >= 15 is 0 Å². The topological polar surface area (TPSA) is 29.9 Å². The molecule has 1 aromatic rings. The van der Waals surface area contributed by atoms with E-state index in [1.54, 1.807) is 0 Å². The molecule has 1 aromatic heterocycles. The molecule has 0 aromatic carbocycles. The van der Waals surface area contributed by atoms with Crippen LogP contribution in [0.4, 0.5) is 0 Å². The number of aromatic nitrogens is 2. The van der Waals surface area contributed by atoms with Crippen molar-refractivity contribution in [2.24, 2.45) is 0 Å². The second-order valence-electron chi connectivity index (χ2n) is 5.54. The number of hydrogen-bond donors (Lipinski definition) is 1. The number of nitrogens with one attached hydrogen (secondary N) is 1. The normalized spacial score (nSPS) is 29.4. The third kappa shape index (κ3) is 2.45. The zero-order valence-corrected chi connectivity index (χ0v) is 12.0. The third-order valence-electron chi connectivity index (χ3n) is 4.30. The van der Waals surface area contributed by atoms with Gasteiger partial charge in [-0.2, -0.15) is 16.9 Å². The standard InChI is InChI=1S/C14H23N3S/c1-11-14(12-4-2-6-15-8-12)9-16-17(11)13-5-3-7-18-10-13/h9,12-13,15H,2-8,10H2,1H3. The maximum atomic E-state index is 4.69. The minimum atomic E-state index is 0.633. The van der Waals surface area contributed by atoms with Crippen molar-refractivity contribution in [3.8, 4) is 0 Å². The smallest absolute Gasteiger partial charge is 0.0613 e. The highest BCUT2D eigenvalue weighted by atomic mass is 32.2. The summed E-state index contributed by atoms with van der Waals surface area (Å²) in [5, 5.41) is 8.20. The first-order valence-corrected chi connectivity index (χ1v) is 8.34. The van der Waals surface area contributed by atoms with Crippen LogP contribution in [0.2, 0.25) is 0 Å². The molecule has 2 atom stereocenters. The Hall–Kier alpha value is -0.480. The lowest BCUT2D eigenvalue weighted by Crippen LogP contribution is -2.28. The molecule has 1 N–H and O–H groups in total. The summed E-state index contributed by atoms with van der Waals surface area (Å²) in [6.07, 6.45) is 7.40. The molecule has 3 nitrogen and oxygen atoms in total. The van der Waals surface area contributed by atoms with Crippen LogP contribution in [0.5, 0.6) is 0 Å². The predicted octanol–water partition coefficient (Wildman–Crippen LogP) is 2.73. The molecule has 0 spiro atoms. The quantitative estimate of drug-likeness (QED) is 0.891. The molecule has 18 heavy (non-hydrogen) atoms. The van der Waals surface area contributed by atoms with E-state index in [2.05, 4.69) is 34.9 Å². The van der Waals surface area contributed by atoms with Crippen LogP contribution in [-0.2, 0) is 0 Å². The van der Waals surface area contributed by atoms with Gasteiger partial charge in [-0.15, -0.1) is 0 Å². The zero-order valence-electron chi connectivity index (χ0n) is 11.2. The molecule has 0 aliphatic carbocycles. The fraction of sp³-hybridized carbons (Fsp3) is 0.786. The highest BCUT2D eigenvalue weighted by Gasteiger charge is 2.23. The molecule has 3 rings (SSSR count). The Morgan fingerprint density at radius 1 is 1.39 bits per heavy atom. The molecule has 2 saturated heterocycles. The first kappa shape index (κ1) is 12.5. The summed E-state index contributed by atoms with van der Waals surface area (Å²) in [6.45, 7) is 4.57. The Kier molecular flexibility index (Phi) is 3.94. The zero-order chi connectivity index (χ0) is 12.4. The second kappa shape index (κ2) is 5.66. The SMILES string of the molecule is Cc1c(C2CCCNC2)cnn1C1CCCSC1. The first-order chi connectivity index (χ1) is 8.86. The molecular formula is C14H23N3S. The second-order valence-corrected chi connectivity index (χ2v) is 6.69. The van der Waals surface area contributed by atoms with Gasteiger partial charge in [-0.25, -0.2) is 0 Å². The van der Waals surface area contributed by atoms with E-state index in [4.69, 9.17) is 5.10 Å². The number of piperidine rings is 1. The molecule has 2 unspecified atom stereocenters. The van der Waals surface area contributed by atoms with Crippen molar-refractivity contribution in [3.05, 3.63) is 17.5 Å². The lowest BCUT2D eigenvalue weighted by molar-refractivity contribution is 0.438. The number of hydrogen-bond acceptors (Lipinski definition) is 3. The molecule has 0 bridgehead atoms. The summed E-state index contributed by atoms with van der Waals surface area (Å²) in [7, 11) is 0. The van der Waals surface area contributed by atoms with E-state index < -0.39 is 0 Å². The van der Waals surface area contributed by atoms with Crippen LogP contribution < -0.4 is 5.32 Å². The third-order valence-corrected chi connectivity index (χ3v) is 5.50. The molecule has 100 valence electrons. The number of thioether (sulfide) groups is 1. The van der Waals surface area contributed by atoms with Crippen molar-refractivity contribution < 1.29 is 0 Å². The molecule has 3 heterocycles. The fourth-order valence-corrected chi connectivity index (χ4v) is 4.36. The van der Waals surface area contributed by atoms with Crippen LogP contribution >= 0.6 is 11.8 Å². The van der Waals surface area contributed by atoms with Crippen LogP contribution in [0, 0.1) is 6.92 Å². The lowest BCUT2D eigenvalue weighted by Gasteiger charge is -2.25. The van der Waals surface area contributed by atoms with Crippen LogP contribution in [0.25, 0.3) is 0 Å². The van der Waals surface area contributed by atoms with E-state index in [1.807, 2.05) is 0 Å². The van der Waals surface area contributed by atoms with Gasteiger partial charge in [-0.1, -0.05) is 0 Å². The van der Waals surface area contributed by atoms with Crippen molar-refractivity contribution in [1.29, 1.82) is 0 Å². The number of nitrogens with zero attached hydrogens (tertiary/aromatic N) is 2. The molecule has 4 heteroatoms. The van der Waals surface area contributed by atoms with Crippen LogP contribution in [0.15, 0.2) is 6.20 Å². The molecule has 0 radical (unpaired) electrons. The van der Waals surface area contributed by atoms with E-state index in [1.165, 1.54) is 55.0 Å². The van der Waals surface area contributed by atoms with Crippen molar-refractivity contribution in [2.75, 3.05) is 24.6 Å². The van der Waals surface area contributed by atoms with E-state index in [0.717, 1.165) is 6.54 Å². The summed E-state index contributed by atoms with van der Waals surface area (Å²) in [5.74, 6) is 3.25. The molecule has 2 aliphatic rings. The van der Waals surface area contributed by atoms with Gasteiger partial charge >= 0.3 is 0 Å². The molecule has 2 aliphatic heterocycles. The van der Waals surface area contributed by atoms with Gasteiger partial charge in [0.2, 0.25) is 0 Å². The van der Waals surface area contributed by atoms with Gasteiger partial charge in [0, 0.05) is 18.0 Å². The van der Waals surface area contributed by atoms with Crippen molar-refractivity contribution in [3.63, 3.8) is 0 Å². The van der Waals surface area contributed by atoms with Crippen molar-refractivity contribution in [1.82, 2.24) is 15.1 Å². The minimum absolute atomic E-state index is 0.633. The molecule has 2 fully saturated rings. The van der Waals surface area contributed by atoms with Crippen molar-refractivity contribution in [2.45, 2.75) is 44.6 Å². The summed E-state index contributed by atoms with van der Waals surface area (Å²) in [6, 6.07) is 0.633. The average molecular weight is 265 g/mol. The van der Waals surface area contributed by atoms with Gasteiger partial charge in [0.05, 0.1) is 12.2 Å². The van der Waals surface area contributed by atoms with E-state index in [9.17, 15) is 0 Å². The maximum Gasteiger partial charge on any atom is 0.0613 e. The summed E-state index contributed by atoms with van der Waals surface area (Å²) < 4.78 is 2.30. The van der Waals surface area contributed by atoms with Gasteiger partial charge in [-0.3, -0.25) is 4.68 Å². The van der Waals surface area contributed by atoms with Gasteiger partial charge in [0.1, 0.15) is 0 Å². The lowest BCUT2D eigenvalue weighted by atomic mass is 9.92. The minimum Gasteiger partial charge on any atom is -0.316 e. The van der Waals surface area contributed by atoms with Crippen LogP contribution in [0.1, 0.15) is 48.9 Å². The first-order valence-electron chi connectivity index (χ1n) is 7.18. The molecular weight excluding hydrogens is 242 g/mol. The molecule has 0 amide bonds. The van der Waals surface area contributed by atoms with E-state index in [0.29, 0.717) is 12.0 Å². The highest BCUT2D eigenvalue weighted by molar-refractivity contribution is 7.99. The Labute approximate surface area is 114 Å². The van der Waals surface area contributed by atoms with Gasteiger partial charge in [0.15, 0.2) is 0 Å². The summed E-state index contributed by atoms with van der Waals surface area (Å²) in [4.78, 5) is 0. The monoisotopic (exact) mass is 265 g/mol.